The van der Waals surface area contributed by atoms with Crippen molar-refractivity contribution in [3.05, 3.63) is 17.0 Å². The van der Waals surface area contributed by atoms with Gasteiger partial charge < -0.3 is 9.64 Å². The molecule has 1 saturated heterocycles. The van der Waals surface area contributed by atoms with Crippen LogP contribution in [0.15, 0.2) is 0 Å². The third-order valence-corrected chi connectivity index (χ3v) is 3.67. The fourth-order valence-corrected chi connectivity index (χ4v) is 2.41. The molecule has 1 aromatic heterocycles. The Bertz CT molecular complexity index is 465. The number of aromatic amines is 1. The third kappa shape index (κ3) is 2.63. The first-order chi connectivity index (χ1) is 9.24. The van der Waals surface area contributed by atoms with Crippen LogP contribution in [0.1, 0.15) is 21.7 Å². The molecule has 7 heteroatoms. The molecule has 2 N–H and O–H groups in total. The van der Waals surface area contributed by atoms with Crippen LogP contribution in [-0.4, -0.2) is 65.8 Å². The number of hydrazine groups is 1. The summed E-state index contributed by atoms with van der Waals surface area (Å²) >= 11 is 0. The number of ether oxygens (including phenoxy) is 1. The number of hydrogen-bond donors (Lipinski definition) is 2. The highest BCUT2D eigenvalue weighted by Gasteiger charge is 2.24. The van der Waals surface area contributed by atoms with E-state index in [0.717, 1.165) is 43.9 Å². The Labute approximate surface area is 111 Å². The van der Waals surface area contributed by atoms with Crippen LogP contribution in [0.4, 0.5) is 0 Å². The van der Waals surface area contributed by atoms with Crippen LogP contribution in [0.5, 0.6) is 0 Å². The summed E-state index contributed by atoms with van der Waals surface area (Å²) in [5, 5.41) is 9.01. The molecule has 1 fully saturated rings. The Morgan fingerprint density at radius 2 is 2.16 bits per heavy atom. The lowest BCUT2D eigenvalue weighted by Gasteiger charge is -2.32. The molecule has 0 atom stereocenters. The SMILES string of the molecule is CN1CCN(NC(=O)c2n[nH]c3c2COCC3)CC1. The lowest BCUT2D eigenvalue weighted by atomic mass is 10.1. The Morgan fingerprint density at radius 1 is 1.37 bits per heavy atom. The number of hydrogen-bond acceptors (Lipinski definition) is 5. The number of H-pyrrole nitrogens is 1. The molecule has 0 radical (unpaired) electrons. The molecule has 2 aliphatic rings. The van der Waals surface area contributed by atoms with Gasteiger partial charge in [0.1, 0.15) is 0 Å². The first-order valence-corrected chi connectivity index (χ1v) is 6.62. The number of aromatic nitrogens is 2. The number of carbonyl (C=O) groups is 1. The second-order valence-corrected chi connectivity index (χ2v) is 5.06. The summed E-state index contributed by atoms with van der Waals surface area (Å²) in [7, 11) is 2.08. The number of likely N-dealkylation sites (N-methyl/N-ethyl adjacent to an activating group) is 1. The molecule has 0 bridgehead atoms. The number of amides is 1. The Kier molecular flexibility index (Phi) is 3.50. The molecular weight excluding hydrogens is 246 g/mol. The molecular formula is C12H19N5O2. The minimum absolute atomic E-state index is 0.146. The quantitative estimate of drug-likeness (QED) is 0.745. The standard InChI is InChI=1S/C12H19N5O2/c1-16-3-5-17(6-4-16)15-12(18)11-9-8-19-7-2-10(9)13-14-11/h2-8H2,1H3,(H,13,14)(H,15,18). The van der Waals surface area contributed by atoms with E-state index in [0.29, 0.717) is 18.9 Å². The monoisotopic (exact) mass is 265 g/mol. The van der Waals surface area contributed by atoms with Gasteiger partial charge in [-0.1, -0.05) is 0 Å². The number of nitrogens with one attached hydrogen (secondary N) is 2. The second-order valence-electron chi connectivity index (χ2n) is 5.06. The highest BCUT2D eigenvalue weighted by molar-refractivity contribution is 5.93. The van der Waals surface area contributed by atoms with E-state index < -0.39 is 0 Å². The summed E-state index contributed by atoms with van der Waals surface area (Å²) in [4.78, 5) is 14.5. The summed E-state index contributed by atoms with van der Waals surface area (Å²) < 4.78 is 5.39. The van der Waals surface area contributed by atoms with Gasteiger partial charge in [-0.15, -0.1) is 0 Å². The van der Waals surface area contributed by atoms with Gasteiger partial charge in [0.15, 0.2) is 5.69 Å². The number of carbonyl (C=O) groups excluding carboxylic acids is 1. The average molecular weight is 265 g/mol. The molecule has 3 rings (SSSR count). The molecule has 0 saturated carbocycles. The highest BCUT2D eigenvalue weighted by atomic mass is 16.5. The first-order valence-electron chi connectivity index (χ1n) is 6.62. The van der Waals surface area contributed by atoms with Crippen LogP contribution < -0.4 is 5.43 Å². The Hall–Kier alpha value is -1.44. The zero-order chi connectivity index (χ0) is 13.2. The van der Waals surface area contributed by atoms with Crippen LogP contribution in [0.2, 0.25) is 0 Å². The van der Waals surface area contributed by atoms with Crippen LogP contribution in [0, 0.1) is 0 Å². The number of rotatable bonds is 2. The van der Waals surface area contributed by atoms with Crippen molar-refractivity contribution in [2.45, 2.75) is 13.0 Å². The van der Waals surface area contributed by atoms with Gasteiger partial charge in [-0.2, -0.15) is 5.10 Å². The average Bonchev–Trinajstić information content (AvgIpc) is 2.85. The number of piperazine rings is 1. The van der Waals surface area contributed by atoms with Crippen LogP contribution in [0.25, 0.3) is 0 Å². The molecule has 1 amide bonds. The summed E-state index contributed by atoms with van der Waals surface area (Å²) in [5.74, 6) is -0.146. The van der Waals surface area contributed by atoms with E-state index in [-0.39, 0.29) is 5.91 Å². The number of fused-ring (bicyclic) bond motifs is 1. The number of nitrogens with zero attached hydrogens (tertiary/aromatic N) is 3. The minimum atomic E-state index is -0.146. The molecule has 19 heavy (non-hydrogen) atoms. The summed E-state index contributed by atoms with van der Waals surface area (Å²) in [6.07, 6.45) is 0.796. The van der Waals surface area contributed by atoms with E-state index in [1.54, 1.807) is 0 Å². The fraction of sp³-hybridized carbons (Fsp3) is 0.667. The fourth-order valence-electron chi connectivity index (χ4n) is 2.41. The van der Waals surface area contributed by atoms with Gasteiger partial charge in [-0.3, -0.25) is 15.3 Å². The largest absolute Gasteiger partial charge is 0.376 e. The lowest BCUT2D eigenvalue weighted by Crippen LogP contribution is -2.52. The summed E-state index contributed by atoms with van der Waals surface area (Å²) in [5.41, 5.74) is 5.31. The van der Waals surface area contributed by atoms with Crippen molar-refractivity contribution in [3.8, 4) is 0 Å². The van der Waals surface area contributed by atoms with Crippen molar-refractivity contribution in [2.24, 2.45) is 0 Å². The smallest absolute Gasteiger partial charge is 0.286 e. The van der Waals surface area contributed by atoms with Crippen molar-refractivity contribution in [3.63, 3.8) is 0 Å². The maximum atomic E-state index is 12.2. The van der Waals surface area contributed by atoms with Gasteiger partial charge in [0, 0.05) is 43.9 Å². The highest BCUT2D eigenvalue weighted by Crippen LogP contribution is 2.18. The van der Waals surface area contributed by atoms with Crippen molar-refractivity contribution >= 4 is 5.91 Å². The van der Waals surface area contributed by atoms with Crippen molar-refractivity contribution < 1.29 is 9.53 Å². The van der Waals surface area contributed by atoms with E-state index in [1.165, 1.54) is 0 Å². The molecule has 3 heterocycles. The normalized spacial score (nSPS) is 21.1. The maximum absolute atomic E-state index is 12.2. The van der Waals surface area contributed by atoms with Gasteiger partial charge in [-0.25, -0.2) is 5.01 Å². The molecule has 2 aliphatic heterocycles. The Morgan fingerprint density at radius 3 is 2.95 bits per heavy atom. The zero-order valence-corrected chi connectivity index (χ0v) is 11.1. The predicted octanol–water partition coefficient (Wildman–Crippen LogP) is -0.625. The van der Waals surface area contributed by atoms with Crippen LogP contribution in [0.3, 0.4) is 0 Å². The van der Waals surface area contributed by atoms with E-state index in [1.807, 2.05) is 5.01 Å². The molecule has 0 spiro atoms. The lowest BCUT2D eigenvalue weighted by molar-refractivity contribution is 0.0649. The first kappa shape index (κ1) is 12.6. The Balaban J connectivity index is 1.65. The van der Waals surface area contributed by atoms with Gasteiger partial charge in [-0.05, 0) is 7.05 Å². The topological polar surface area (TPSA) is 73.5 Å². The van der Waals surface area contributed by atoms with E-state index >= 15 is 0 Å². The van der Waals surface area contributed by atoms with Gasteiger partial charge in [0.25, 0.3) is 5.91 Å². The van der Waals surface area contributed by atoms with Crippen molar-refractivity contribution in [2.75, 3.05) is 39.8 Å². The predicted molar refractivity (Wildman–Crippen MR) is 68.5 cm³/mol. The minimum Gasteiger partial charge on any atom is -0.376 e. The van der Waals surface area contributed by atoms with Crippen LogP contribution in [-0.2, 0) is 17.8 Å². The van der Waals surface area contributed by atoms with Crippen molar-refractivity contribution in [1.29, 1.82) is 0 Å². The molecule has 0 unspecified atom stereocenters. The molecule has 7 nitrogen and oxygen atoms in total. The maximum Gasteiger partial charge on any atom is 0.286 e. The third-order valence-electron chi connectivity index (χ3n) is 3.67. The second kappa shape index (κ2) is 5.28. The molecule has 0 aromatic carbocycles. The van der Waals surface area contributed by atoms with Crippen LogP contribution >= 0.6 is 0 Å². The summed E-state index contributed by atoms with van der Waals surface area (Å²) in [6.45, 7) is 4.76. The van der Waals surface area contributed by atoms with E-state index in [9.17, 15) is 4.79 Å². The summed E-state index contributed by atoms with van der Waals surface area (Å²) in [6, 6.07) is 0. The van der Waals surface area contributed by atoms with Gasteiger partial charge >= 0.3 is 0 Å². The zero-order valence-electron chi connectivity index (χ0n) is 11.1. The van der Waals surface area contributed by atoms with E-state index in [2.05, 4.69) is 27.6 Å². The molecule has 0 aliphatic carbocycles. The van der Waals surface area contributed by atoms with E-state index in [4.69, 9.17) is 4.74 Å². The molecule has 104 valence electrons. The molecule has 1 aromatic rings. The van der Waals surface area contributed by atoms with Gasteiger partial charge in [0.05, 0.1) is 13.2 Å². The van der Waals surface area contributed by atoms with Crippen molar-refractivity contribution in [1.82, 2.24) is 25.5 Å². The van der Waals surface area contributed by atoms with Gasteiger partial charge in [0.2, 0.25) is 0 Å².